The van der Waals surface area contributed by atoms with Gasteiger partial charge in [-0.05, 0) is 18.8 Å². The van der Waals surface area contributed by atoms with Gasteiger partial charge in [-0.25, -0.2) is 0 Å². The van der Waals surface area contributed by atoms with E-state index in [1.807, 2.05) is 6.92 Å². The van der Waals surface area contributed by atoms with Gasteiger partial charge in [-0.3, -0.25) is 4.79 Å². The van der Waals surface area contributed by atoms with Gasteiger partial charge in [0.1, 0.15) is 5.54 Å². The molecule has 2 heteroatoms. The number of amides is 1. The summed E-state index contributed by atoms with van der Waals surface area (Å²) < 4.78 is 0. The van der Waals surface area contributed by atoms with Crippen LogP contribution in [0.4, 0.5) is 0 Å². The first-order chi connectivity index (χ1) is 4.33. The molecule has 1 atom stereocenters. The van der Waals surface area contributed by atoms with Crippen LogP contribution in [0.15, 0.2) is 0 Å². The first-order valence-electron chi connectivity index (χ1n) is 3.66. The lowest BCUT2D eigenvalue weighted by molar-refractivity contribution is -0.112. The quantitative estimate of drug-likeness (QED) is 0.549. The maximum Gasteiger partial charge on any atom is 0.246 e. The van der Waals surface area contributed by atoms with Gasteiger partial charge in [0, 0.05) is 0 Å². The Kier molecular flexibility index (Phi) is 1.32. The summed E-state index contributed by atoms with van der Waals surface area (Å²) in [5, 5.41) is 2.83. The highest BCUT2D eigenvalue weighted by Crippen LogP contribution is 2.33. The van der Waals surface area contributed by atoms with Crippen molar-refractivity contribution in [2.75, 3.05) is 0 Å². The van der Waals surface area contributed by atoms with Crippen molar-refractivity contribution in [3.05, 3.63) is 0 Å². The number of carbonyl (C=O) groups is 1. The second kappa shape index (κ2) is 1.74. The van der Waals surface area contributed by atoms with E-state index in [9.17, 15) is 4.79 Å². The second-order valence-electron chi connectivity index (χ2n) is 4.52. The normalized spacial score (nSPS) is 31.8. The van der Waals surface area contributed by atoms with E-state index in [1.165, 1.54) is 0 Å². The largest absolute Gasteiger partial charge is 0.340 e. The lowest BCUT2D eigenvalue weighted by Crippen LogP contribution is -2.20. The highest BCUT2D eigenvalue weighted by molar-refractivity contribution is 6.01. The van der Waals surface area contributed by atoms with E-state index >= 15 is 0 Å². The Morgan fingerprint density at radius 3 is 2.00 bits per heavy atom. The van der Waals surface area contributed by atoms with Gasteiger partial charge < -0.3 is 5.32 Å². The Morgan fingerprint density at radius 1 is 1.50 bits per heavy atom. The van der Waals surface area contributed by atoms with Gasteiger partial charge >= 0.3 is 0 Å². The summed E-state index contributed by atoms with van der Waals surface area (Å²) in [7, 11) is 0. The molecule has 10 heavy (non-hydrogen) atoms. The third-order valence-corrected chi connectivity index (χ3v) is 1.71. The van der Waals surface area contributed by atoms with Crippen LogP contribution in [-0.2, 0) is 4.79 Å². The van der Waals surface area contributed by atoms with Crippen LogP contribution in [0, 0.1) is 5.41 Å². The van der Waals surface area contributed by atoms with Crippen molar-refractivity contribution in [1.82, 2.24) is 5.32 Å². The van der Waals surface area contributed by atoms with Crippen LogP contribution in [0.1, 0.15) is 34.1 Å². The lowest BCUT2D eigenvalue weighted by atomic mass is 9.85. The Hall–Kier alpha value is -0.530. The molecule has 0 aliphatic carbocycles. The summed E-state index contributed by atoms with van der Waals surface area (Å²) in [6.45, 7) is 8.39. The Labute approximate surface area is 62.0 Å². The summed E-state index contributed by atoms with van der Waals surface area (Å²) >= 11 is 0. The number of rotatable bonds is 1. The zero-order chi connectivity index (χ0) is 7.99. The van der Waals surface area contributed by atoms with Crippen LogP contribution in [0.3, 0.4) is 0 Å². The Bertz CT molecular complexity index is 169. The van der Waals surface area contributed by atoms with Gasteiger partial charge in [-0.2, -0.15) is 0 Å². The number of carbonyl (C=O) groups excluding carboxylic acids is 1. The Morgan fingerprint density at radius 2 is 1.90 bits per heavy atom. The molecule has 0 aromatic heterocycles. The van der Waals surface area contributed by atoms with Crippen LogP contribution in [-0.4, -0.2) is 11.4 Å². The first kappa shape index (κ1) is 7.58. The van der Waals surface area contributed by atoms with Gasteiger partial charge in [-0.1, -0.05) is 20.8 Å². The van der Waals surface area contributed by atoms with Crippen LogP contribution in [0.2, 0.25) is 0 Å². The molecule has 0 saturated carbocycles. The van der Waals surface area contributed by atoms with Crippen molar-refractivity contribution in [3.63, 3.8) is 0 Å². The molecule has 0 aromatic rings. The summed E-state index contributed by atoms with van der Waals surface area (Å²) in [6.07, 6.45) is 0.929. The standard InChI is InChI=1S/C8H15NO/c1-7(2,3)5-8(4)6(10)9-8/h5H2,1-4H3,(H,9,10). The predicted molar refractivity (Wildman–Crippen MR) is 40.6 cm³/mol. The molecule has 0 radical (unpaired) electrons. The van der Waals surface area contributed by atoms with Crippen molar-refractivity contribution in [2.45, 2.75) is 39.7 Å². The molecule has 0 spiro atoms. The third kappa shape index (κ3) is 1.49. The SMILES string of the molecule is CC(C)(C)CC1(C)NC1=O. The molecule has 1 unspecified atom stereocenters. The van der Waals surface area contributed by atoms with E-state index in [-0.39, 0.29) is 16.9 Å². The van der Waals surface area contributed by atoms with Crippen LogP contribution in [0.25, 0.3) is 0 Å². The van der Waals surface area contributed by atoms with E-state index in [0.717, 1.165) is 6.42 Å². The fraction of sp³-hybridized carbons (Fsp3) is 0.875. The van der Waals surface area contributed by atoms with Crippen LogP contribution in [0.5, 0.6) is 0 Å². The molecule has 1 aliphatic rings. The topological polar surface area (TPSA) is 39.0 Å². The van der Waals surface area contributed by atoms with Crippen molar-refractivity contribution >= 4 is 5.91 Å². The predicted octanol–water partition coefficient (Wildman–Crippen LogP) is 1.31. The highest BCUT2D eigenvalue weighted by Gasteiger charge is 2.50. The molecule has 1 amide bonds. The maximum atomic E-state index is 10.8. The minimum absolute atomic E-state index is 0.196. The second-order valence-corrected chi connectivity index (χ2v) is 4.52. The van der Waals surface area contributed by atoms with Crippen molar-refractivity contribution < 1.29 is 4.79 Å². The summed E-state index contributed by atoms with van der Waals surface area (Å²) in [6, 6.07) is 0. The smallest absolute Gasteiger partial charge is 0.246 e. The zero-order valence-corrected chi connectivity index (χ0v) is 7.12. The molecule has 1 aliphatic heterocycles. The lowest BCUT2D eigenvalue weighted by Gasteiger charge is -2.19. The average Bonchev–Trinajstić information content (AvgIpc) is 2.05. The molecular weight excluding hydrogens is 126 g/mol. The minimum Gasteiger partial charge on any atom is -0.340 e. The van der Waals surface area contributed by atoms with Gasteiger partial charge in [0.15, 0.2) is 0 Å². The van der Waals surface area contributed by atoms with Crippen molar-refractivity contribution in [2.24, 2.45) is 5.41 Å². The zero-order valence-electron chi connectivity index (χ0n) is 7.12. The molecule has 0 bridgehead atoms. The fourth-order valence-corrected chi connectivity index (χ4v) is 1.40. The Balaban J connectivity index is 2.48. The van der Waals surface area contributed by atoms with E-state index in [4.69, 9.17) is 0 Å². The highest BCUT2D eigenvalue weighted by atomic mass is 16.2. The minimum atomic E-state index is -0.196. The number of hydrogen-bond donors (Lipinski definition) is 1. The average molecular weight is 141 g/mol. The molecule has 1 N–H and O–H groups in total. The fourth-order valence-electron chi connectivity index (χ4n) is 1.40. The van der Waals surface area contributed by atoms with Gasteiger partial charge in [0.25, 0.3) is 0 Å². The molecular formula is C8H15NO. The molecule has 2 nitrogen and oxygen atoms in total. The molecule has 1 saturated heterocycles. The molecule has 0 aromatic carbocycles. The molecule has 1 rings (SSSR count). The van der Waals surface area contributed by atoms with E-state index < -0.39 is 0 Å². The molecule has 58 valence electrons. The third-order valence-electron chi connectivity index (χ3n) is 1.71. The first-order valence-corrected chi connectivity index (χ1v) is 3.66. The van der Waals surface area contributed by atoms with Crippen LogP contribution < -0.4 is 5.32 Å². The van der Waals surface area contributed by atoms with Gasteiger partial charge in [0.2, 0.25) is 5.91 Å². The van der Waals surface area contributed by atoms with E-state index in [1.54, 1.807) is 0 Å². The van der Waals surface area contributed by atoms with E-state index in [0.29, 0.717) is 0 Å². The van der Waals surface area contributed by atoms with E-state index in [2.05, 4.69) is 26.1 Å². The molecule has 1 heterocycles. The summed E-state index contributed by atoms with van der Waals surface area (Å²) in [5.74, 6) is 0.197. The maximum absolute atomic E-state index is 10.8. The van der Waals surface area contributed by atoms with Gasteiger partial charge in [-0.15, -0.1) is 0 Å². The van der Waals surface area contributed by atoms with Gasteiger partial charge in [0.05, 0.1) is 0 Å². The van der Waals surface area contributed by atoms with Crippen molar-refractivity contribution in [1.29, 1.82) is 0 Å². The number of nitrogens with one attached hydrogen (secondary N) is 1. The number of hydrogen-bond acceptors (Lipinski definition) is 1. The molecule has 1 fully saturated rings. The van der Waals surface area contributed by atoms with Crippen LogP contribution >= 0.6 is 0 Å². The summed E-state index contributed by atoms with van der Waals surface area (Å²) in [5.41, 5.74) is 0.0478. The summed E-state index contributed by atoms with van der Waals surface area (Å²) in [4.78, 5) is 10.8. The van der Waals surface area contributed by atoms with Crippen molar-refractivity contribution in [3.8, 4) is 0 Å². The monoisotopic (exact) mass is 141 g/mol.